The minimum Gasteiger partial charge on any atom is -0.493 e. The first kappa shape index (κ1) is 20.6. The van der Waals surface area contributed by atoms with Crippen molar-refractivity contribution >= 4 is 22.5 Å². The van der Waals surface area contributed by atoms with Crippen LogP contribution in [0.1, 0.15) is 56.2 Å². The molecule has 0 aliphatic heterocycles. The molecular formula is C23H27N3O3. The Morgan fingerprint density at radius 2 is 1.86 bits per heavy atom. The smallest absolute Gasteiger partial charge is 0.302 e. The zero-order valence-electron chi connectivity index (χ0n) is 17.5. The fraction of sp³-hybridized carbons (Fsp3) is 0.348. The van der Waals surface area contributed by atoms with Crippen LogP contribution in [0.3, 0.4) is 0 Å². The van der Waals surface area contributed by atoms with Gasteiger partial charge in [-0.3, -0.25) is 4.79 Å². The normalized spacial score (nSPS) is 11.8. The van der Waals surface area contributed by atoms with Crippen molar-refractivity contribution in [3.05, 3.63) is 53.1 Å². The van der Waals surface area contributed by atoms with Gasteiger partial charge >= 0.3 is 5.91 Å². The van der Waals surface area contributed by atoms with E-state index in [9.17, 15) is 9.90 Å². The quantitative estimate of drug-likeness (QED) is 0.495. The predicted octanol–water partition coefficient (Wildman–Crippen LogP) is 6.12. The molecule has 1 amide bonds. The molecule has 29 heavy (non-hydrogen) atoms. The van der Waals surface area contributed by atoms with Crippen LogP contribution in [0.5, 0.6) is 11.6 Å². The van der Waals surface area contributed by atoms with Gasteiger partial charge in [0, 0.05) is 5.39 Å². The molecule has 0 saturated heterocycles. The molecule has 1 aromatic heterocycles. The molecular weight excluding hydrogens is 366 g/mol. The SMILES string of the molecule is Cc1ccc(C(C)C)c(OCC(=O)N=Nc2c(O)[nH]c3ccc(C(C)C)cc23)c1. The number of nitrogens with one attached hydrogen (secondary N) is 1. The highest BCUT2D eigenvalue weighted by molar-refractivity contribution is 5.95. The number of aryl methyl sites for hydroxylation is 1. The van der Waals surface area contributed by atoms with E-state index in [1.54, 1.807) is 0 Å². The van der Waals surface area contributed by atoms with Crippen LogP contribution in [0, 0.1) is 6.92 Å². The lowest BCUT2D eigenvalue weighted by molar-refractivity contribution is -0.120. The topological polar surface area (TPSA) is 87.0 Å². The third-order valence-electron chi connectivity index (χ3n) is 4.85. The van der Waals surface area contributed by atoms with Crippen LogP contribution >= 0.6 is 0 Å². The van der Waals surface area contributed by atoms with E-state index in [2.05, 4.69) is 42.9 Å². The van der Waals surface area contributed by atoms with Crippen molar-refractivity contribution in [2.75, 3.05) is 6.61 Å². The minimum atomic E-state index is -0.519. The average molecular weight is 393 g/mol. The maximum absolute atomic E-state index is 12.2. The van der Waals surface area contributed by atoms with Crippen LogP contribution in [0.25, 0.3) is 10.9 Å². The van der Waals surface area contributed by atoms with Crippen molar-refractivity contribution in [3.8, 4) is 11.6 Å². The lowest BCUT2D eigenvalue weighted by atomic mass is 10.0. The molecule has 1 heterocycles. The van der Waals surface area contributed by atoms with Gasteiger partial charge in [0.05, 0.1) is 5.52 Å². The summed E-state index contributed by atoms with van der Waals surface area (Å²) in [5.41, 5.74) is 4.21. The number of aromatic amines is 1. The fourth-order valence-electron chi connectivity index (χ4n) is 3.16. The van der Waals surface area contributed by atoms with Crippen LogP contribution in [-0.2, 0) is 4.79 Å². The van der Waals surface area contributed by atoms with Crippen molar-refractivity contribution < 1.29 is 14.6 Å². The van der Waals surface area contributed by atoms with Crippen molar-refractivity contribution in [2.24, 2.45) is 10.2 Å². The number of nitrogens with zero attached hydrogens (tertiary/aromatic N) is 2. The zero-order valence-corrected chi connectivity index (χ0v) is 17.5. The summed E-state index contributed by atoms with van der Waals surface area (Å²) in [7, 11) is 0. The number of hydrogen-bond acceptors (Lipinski definition) is 4. The highest BCUT2D eigenvalue weighted by Gasteiger charge is 2.14. The number of azo groups is 1. The molecule has 0 unspecified atom stereocenters. The number of aromatic hydroxyl groups is 1. The highest BCUT2D eigenvalue weighted by Crippen LogP contribution is 2.37. The molecule has 0 bridgehead atoms. The van der Waals surface area contributed by atoms with Crippen molar-refractivity contribution in [2.45, 2.75) is 46.5 Å². The second-order valence-corrected chi connectivity index (χ2v) is 7.86. The highest BCUT2D eigenvalue weighted by atomic mass is 16.5. The van der Waals surface area contributed by atoms with E-state index in [0.717, 1.165) is 27.6 Å². The van der Waals surface area contributed by atoms with Gasteiger partial charge < -0.3 is 14.8 Å². The van der Waals surface area contributed by atoms with Gasteiger partial charge in [-0.2, -0.15) is 0 Å². The Morgan fingerprint density at radius 3 is 2.55 bits per heavy atom. The fourth-order valence-corrected chi connectivity index (χ4v) is 3.16. The Labute approximate surface area is 170 Å². The van der Waals surface area contributed by atoms with Crippen LogP contribution in [0.4, 0.5) is 5.69 Å². The maximum atomic E-state index is 12.2. The van der Waals surface area contributed by atoms with Gasteiger partial charge in [-0.05, 0) is 53.6 Å². The van der Waals surface area contributed by atoms with Crippen LogP contribution in [0.15, 0.2) is 46.6 Å². The number of hydrogen-bond donors (Lipinski definition) is 2. The zero-order chi connectivity index (χ0) is 21.1. The molecule has 0 aliphatic rings. The van der Waals surface area contributed by atoms with E-state index >= 15 is 0 Å². The molecule has 0 radical (unpaired) electrons. The first-order valence-corrected chi connectivity index (χ1v) is 9.78. The van der Waals surface area contributed by atoms with Gasteiger partial charge in [0.2, 0.25) is 5.88 Å². The Balaban J connectivity index is 1.77. The van der Waals surface area contributed by atoms with E-state index < -0.39 is 5.91 Å². The van der Waals surface area contributed by atoms with Gasteiger partial charge in [-0.15, -0.1) is 10.2 Å². The van der Waals surface area contributed by atoms with Crippen LogP contribution in [0.2, 0.25) is 0 Å². The summed E-state index contributed by atoms with van der Waals surface area (Å²) in [5.74, 6) is 0.663. The number of rotatable bonds is 6. The molecule has 0 spiro atoms. The number of amides is 1. The summed E-state index contributed by atoms with van der Waals surface area (Å²) >= 11 is 0. The van der Waals surface area contributed by atoms with Crippen molar-refractivity contribution in [1.82, 2.24) is 4.98 Å². The number of H-pyrrole nitrogens is 1. The van der Waals surface area contributed by atoms with E-state index in [1.165, 1.54) is 0 Å². The Bertz CT molecular complexity index is 1060. The van der Waals surface area contributed by atoms with E-state index in [0.29, 0.717) is 11.7 Å². The summed E-state index contributed by atoms with van der Waals surface area (Å²) in [5, 5.41) is 18.6. The summed E-state index contributed by atoms with van der Waals surface area (Å²) in [4.78, 5) is 15.1. The number of fused-ring (bicyclic) bond motifs is 1. The molecule has 152 valence electrons. The predicted molar refractivity (Wildman–Crippen MR) is 114 cm³/mol. The van der Waals surface area contributed by atoms with Crippen molar-refractivity contribution in [3.63, 3.8) is 0 Å². The monoisotopic (exact) mass is 393 g/mol. The third-order valence-corrected chi connectivity index (χ3v) is 4.85. The summed E-state index contributed by atoms with van der Waals surface area (Å²) in [6, 6.07) is 11.8. The first-order chi connectivity index (χ1) is 13.8. The second kappa shape index (κ2) is 8.47. The summed E-state index contributed by atoms with van der Waals surface area (Å²) < 4.78 is 5.71. The summed E-state index contributed by atoms with van der Waals surface area (Å²) in [6.07, 6.45) is 0. The number of carbonyl (C=O) groups is 1. The number of carbonyl (C=O) groups excluding carboxylic acids is 1. The molecule has 3 aromatic rings. The van der Waals surface area contributed by atoms with Crippen LogP contribution in [-0.4, -0.2) is 22.6 Å². The first-order valence-electron chi connectivity index (χ1n) is 9.78. The number of benzene rings is 2. The molecule has 0 fully saturated rings. The van der Waals surface area contributed by atoms with Gasteiger partial charge in [0.1, 0.15) is 5.75 Å². The van der Waals surface area contributed by atoms with Gasteiger partial charge in [0.25, 0.3) is 0 Å². The van der Waals surface area contributed by atoms with Gasteiger partial charge in [-0.25, -0.2) is 0 Å². The molecule has 2 aromatic carbocycles. The molecule has 0 saturated carbocycles. The Morgan fingerprint density at radius 1 is 1.10 bits per heavy atom. The molecule has 2 N–H and O–H groups in total. The van der Waals surface area contributed by atoms with E-state index in [1.807, 2.05) is 43.3 Å². The Kier molecular flexibility index (Phi) is 6.01. The molecule has 0 atom stereocenters. The van der Waals surface area contributed by atoms with Crippen LogP contribution < -0.4 is 4.74 Å². The number of ether oxygens (including phenoxy) is 1. The molecule has 0 aliphatic carbocycles. The minimum absolute atomic E-state index is 0.112. The standard InChI is InChI=1S/C23H27N3O3/c1-13(2)16-7-9-19-18(11-16)22(23(28)24-19)26-25-21(27)12-29-20-10-15(5)6-8-17(20)14(3)4/h6-11,13-14,24,28H,12H2,1-5H3. The second-order valence-electron chi connectivity index (χ2n) is 7.86. The molecule has 6 nitrogen and oxygen atoms in total. The van der Waals surface area contributed by atoms with Gasteiger partial charge in [-0.1, -0.05) is 45.9 Å². The van der Waals surface area contributed by atoms with Gasteiger partial charge in [0.15, 0.2) is 12.3 Å². The third kappa shape index (κ3) is 4.65. The largest absolute Gasteiger partial charge is 0.493 e. The maximum Gasteiger partial charge on any atom is 0.302 e. The Hall–Kier alpha value is -3.15. The lowest BCUT2D eigenvalue weighted by Crippen LogP contribution is -2.09. The molecule has 6 heteroatoms. The van der Waals surface area contributed by atoms with Crippen molar-refractivity contribution in [1.29, 1.82) is 0 Å². The lowest BCUT2D eigenvalue weighted by Gasteiger charge is -2.13. The average Bonchev–Trinajstić information content (AvgIpc) is 2.98. The summed E-state index contributed by atoms with van der Waals surface area (Å²) in [6.45, 7) is 10.1. The van der Waals surface area contributed by atoms with E-state index in [-0.39, 0.29) is 24.1 Å². The number of aromatic nitrogens is 1. The van der Waals surface area contributed by atoms with E-state index in [4.69, 9.17) is 4.74 Å². The molecule has 3 rings (SSSR count).